The highest BCUT2D eigenvalue weighted by Gasteiger charge is 2.02. The van der Waals surface area contributed by atoms with Gasteiger partial charge in [-0.2, -0.15) is 0 Å². The first-order chi connectivity index (χ1) is 10.2. The van der Waals surface area contributed by atoms with Crippen LogP contribution in [0.2, 0.25) is 0 Å². The van der Waals surface area contributed by atoms with Crippen molar-refractivity contribution < 1.29 is 14.7 Å². The Morgan fingerprint density at radius 3 is 2.43 bits per heavy atom. The number of nitrogens with zero attached hydrogens (tertiary/aromatic N) is 1. The van der Waals surface area contributed by atoms with Crippen molar-refractivity contribution in [3.63, 3.8) is 0 Å². The smallest absolute Gasteiger partial charge is 0.128 e. The molecule has 21 heavy (non-hydrogen) atoms. The molecule has 4 heteroatoms. The molecule has 0 saturated heterocycles. The highest BCUT2D eigenvalue weighted by Crippen LogP contribution is 2.19. The SMILES string of the molecule is Cc1ccc(OCCOc2ccccc2C=NO)c(C)c1. The van der Waals surface area contributed by atoms with E-state index in [1.165, 1.54) is 11.8 Å². The lowest BCUT2D eigenvalue weighted by Crippen LogP contribution is -2.10. The van der Waals surface area contributed by atoms with Gasteiger partial charge in [0.15, 0.2) is 0 Å². The third kappa shape index (κ3) is 4.24. The van der Waals surface area contributed by atoms with E-state index in [2.05, 4.69) is 18.1 Å². The molecule has 4 nitrogen and oxygen atoms in total. The number of ether oxygens (including phenoxy) is 2. The van der Waals surface area contributed by atoms with Crippen LogP contribution in [0.3, 0.4) is 0 Å². The predicted octanol–water partition coefficient (Wildman–Crippen LogP) is 3.57. The Labute approximate surface area is 124 Å². The van der Waals surface area contributed by atoms with Crippen molar-refractivity contribution in [2.45, 2.75) is 13.8 Å². The van der Waals surface area contributed by atoms with Gasteiger partial charge in [0.25, 0.3) is 0 Å². The van der Waals surface area contributed by atoms with Gasteiger partial charge in [0, 0.05) is 5.56 Å². The lowest BCUT2D eigenvalue weighted by atomic mass is 10.1. The van der Waals surface area contributed by atoms with E-state index in [0.29, 0.717) is 19.0 Å². The van der Waals surface area contributed by atoms with Gasteiger partial charge in [0.1, 0.15) is 24.7 Å². The van der Waals surface area contributed by atoms with Gasteiger partial charge in [-0.1, -0.05) is 35.0 Å². The molecule has 0 aromatic heterocycles. The zero-order valence-electron chi connectivity index (χ0n) is 12.2. The maximum absolute atomic E-state index is 8.61. The average Bonchev–Trinajstić information content (AvgIpc) is 2.47. The average molecular weight is 285 g/mol. The number of hydrogen-bond donors (Lipinski definition) is 1. The summed E-state index contributed by atoms with van der Waals surface area (Å²) >= 11 is 0. The van der Waals surface area contributed by atoms with E-state index in [9.17, 15) is 0 Å². The molecule has 0 fully saturated rings. The Kier molecular flexibility index (Phi) is 5.21. The Morgan fingerprint density at radius 1 is 1.00 bits per heavy atom. The van der Waals surface area contributed by atoms with Crippen LogP contribution in [0.5, 0.6) is 11.5 Å². The Bertz CT molecular complexity index is 623. The number of para-hydroxylation sites is 1. The summed E-state index contributed by atoms with van der Waals surface area (Å²) < 4.78 is 11.4. The Balaban J connectivity index is 1.87. The molecule has 2 aromatic rings. The van der Waals surface area contributed by atoms with Crippen LogP contribution < -0.4 is 9.47 Å². The van der Waals surface area contributed by atoms with Crippen molar-refractivity contribution >= 4 is 6.21 Å². The van der Waals surface area contributed by atoms with Crippen LogP contribution in [0, 0.1) is 13.8 Å². The van der Waals surface area contributed by atoms with Gasteiger partial charge in [-0.25, -0.2) is 0 Å². The lowest BCUT2D eigenvalue weighted by Gasteiger charge is -2.11. The third-order valence-electron chi connectivity index (χ3n) is 3.04. The Hall–Kier alpha value is -2.49. The number of rotatable bonds is 6. The molecule has 0 unspecified atom stereocenters. The van der Waals surface area contributed by atoms with Crippen LogP contribution in [-0.2, 0) is 0 Å². The summed E-state index contributed by atoms with van der Waals surface area (Å²) in [7, 11) is 0. The van der Waals surface area contributed by atoms with Crippen molar-refractivity contribution in [2.75, 3.05) is 13.2 Å². The molecule has 0 bridgehead atoms. The second-order valence-corrected chi connectivity index (χ2v) is 4.75. The largest absolute Gasteiger partial charge is 0.490 e. The quantitative estimate of drug-likeness (QED) is 0.382. The third-order valence-corrected chi connectivity index (χ3v) is 3.04. The summed E-state index contributed by atoms with van der Waals surface area (Å²) in [4.78, 5) is 0. The molecule has 2 rings (SSSR count). The minimum atomic E-state index is 0.420. The topological polar surface area (TPSA) is 51.0 Å². The highest BCUT2D eigenvalue weighted by molar-refractivity contribution is 5.82. The molecule has 2 aromatic carbocycles. The number of benzene rings is 2. The normalized spacial score (nSPS) is 10.8. The van der Waals surface area contributed by atoms with E-state index in [-0.39, 0.29) is 0 Å². The number of oxime groups is 1. The molecule has 0 aliphatic rings. The number of hydrogen-bond acceptors (Lipinski definition) is 4. The van der Waals surface area contributed by atoms with Gasteiger partial charge in [-0.05, 0) is 37.6 Å². The van der Waals surface area contributed by atoms with Gasteiger partial charge in [0.05, 0.1) is 6.21 Å². The highest BCUT2D eigenvalue weighted by atomic mass is 16.5. The van der Waals surface area contributed by atoms with Gasteiger partial charge >= 0.3 is 0 Å². The molecule has 0 atom stereocenters. The molecule has 0 heterocycles. The monoisotopic (exact) mass is 285 g/mol. The first kappa shape index (κ1) is 14.9. The summed E-state index contributed by atoms with van der Waals surface area (Å²) in [6, 6.07) is 13.5. The summed E-state index contributed by atoms with van der Waals surface area (Å²) in [5.41, 5.74) is 3.06. The van der Waals surface area contributed by atoms with Gasteiger partial charge < -0.3 is 14.7 Å². The first-order valence-electron chi connectivity index (χ1n) is 6.80. The van der Waals surface area contributed by atoms with E-state index in [4.69, 9.17) is 14.7 Å². The minimum absolute atomic E-state index is 0.420. The van der Waals surface area contributed by atoms with E-state index in [1.807, 2.05) is 43.3 Å². The van der Waals surface area contributed by atoms with E-state index < -0.39 is 0 Å². The van der Waals surface area contributed by atoms with Crippen LogP contribution in [0.25, 0.3) is 0 Å². The molecular formula is C17H19NO3. The van der Waals surface area contributed by atoms with E-state index in [1.54, 1.807) is 0 Å². The zero-order chi connectivity index (χ0) is 15.1. The van der Waals surface area contributed by atoms with Crippen LogP contribution in [-0.4, -0.2) is 24.6 Å². The van der Waals surface area contributed by atoms with Gasteiger partial charge in [-0.15, -0.1) is 0 Å². The minimum Gasteiger partial charge on any atom is -0.490 e. The van der Waals surface area contributed by atoms with Crippen LogP contribution in [0.15, 0.2) is 47.6 Å². The fraction of sp³-hybridized carbons (Fsp3) is 0.235. The summed E-state index contributed by atoms with van der Waals surface area (Å²) in [5.74, 6) is 1.54. The molecule has 110 valence electrons. The molecule has 0 aliphatic heterocycles. The van der Waals surface area contributed by atoms with E-state index >= 15 is 0 Å². The zero-order valence-corrected chi connectivity index (χ0v) is 12.2. The first-order valence-corrected chi connectivity index (χ1v) is 6.80. The second-order valence-electron chi connectivity index (χ2n) is 4.75. The molecule has 0 saturated carbocycles. The summed E-state index contributed by atoms with van der Waals surface area (Å²) in [5, 5.41) is 11.6. The lowest BCUT2D eigenvalue weighted by molar-refractivity contribution is 0.216. The summed E-state index contributed by atoms with van der Waals surface area (Å²) in [6.45, 7) is 4.95. The molecular weight excluding hydrogens is 266 g/mol. The molecule has 0 amide bonds. The molecule has 0 aliphatic carbocycles. The van der Waals surface area contributed by atoms with Gasteiger partial charge in [-0.3, -0.25) is 0 Å². The maximum Gasteiger partial charge on any atom is 0.128 e. The summed E-state index contributed by atoms with van der Waals surface area (Å²) in [6.07, 6.45) is 1.35. The van der Waals surface area contributed by atoms with Crippen LogP contribution in [0.4, 0.5) is 0 Å². The number of aryl methyl sites for hydroxylation is 2. The molecule has 1 N–H and O–H groups in total. The van der Waals surface area contributed by atoms with Crippen molar-refractivity contribution in [1.82, 2.24) is 0 Å². The standard InChI is InChI=1S/C17H19NO3/c1-13-7-8-16(14(2)11-13)20-9-10-21-17-6-4-3-5-15(17)12-18-19/h3-8,11-12,19H,9-10H2,1-2H3. The molecule has 0 spiro atoms. The van der Waals surface area contributed by atoms with E-state index in [0.717, 1.165) is 16.9 Å². The fourth-order valence-corrected chi connectivity index (χ4v) is 2.05. The van der Waals surface area contributed by atoms with Gasteiger partial charge in [0.2, 0.25) is 0 Å². The van der Waals surface area contributed by atoms with Crippen molar-refractivity contribution in [2.24, 2.45) is 5.16 Å². The van der Waals surface area contributed by atoms with Crippen molar-refractivity contribution in [3.05, 3.63) is 59.2 Å². The van der Waals surface area contributed by atoms with Crippen LogP contribution in [0.1, 0.15) is 16.7 Å². The Morgan fingerprint density at radius 2 is 1.71 bits per heavy atom. The molecule has 0 radical (unpaired) electrons. The van der Waals surface area contributed by atoms with Crippen molar-refractivity contribution in [1.29, 1.82) is 0 Å². The van der Waals surface area contributed by atoms with Crippen LogP contribution >= 0.6 is 0 Å². The second kappa shape index (κ2) is 7.33. The van der Waals surface area contributed by atoms with Crippen molar-refractivity contribution in [3.8, 4) is 11.5 Å². The maximum atomic E-state index is 8.61. The fourth-order valence-electron chi connectivity index (χ4n) is 2.05. The predicted molar refractivity (Wildman–Crippen MR) is 82.7 cm³/mol.